The van der Waals surface area contributed by atoms with Crippen LogP contribution in [0.5, 0.6) is 5.75 Å². The third-order valence-corrected chi connectivity index (χ3v) is 5.39. The van der Waals surface area contributed by atoms with E-state index in [1.165, 1.54) is 0 Å². The van der Waals surface area contributed by atoms with Crippen LogP contribution in [-0.4, -0.2) is 49.1 Å². The lowest BCUT2D eigenvalue weighted by Crippen LogP contribution is -2.43. The molecule has 1 fully saturated rings. The Bertz CT molecular complexity index is 677. The topological polar surface area (TPSA) is 84.9 Å². The molecule has 0 unspecified atom stereocenters. The highest BCUT2D eigenvalue weighted by Crippen LogP contribution is 2.21. The van der Waals surface area contributed by atoms with Gasteiger partial charge < -0.3 is 19.7 Å². The van der Waals surface area contributed by atoms with E-state index >= 15 is 0 Å². The molecule has 7 heteroatoms. The van der Waals surface area contributed by atoms with Gasteiger partial charge in [-0.1, -0.05) is 13.8 Å². The summed E-state index contributed by atoms with van der Waals surface area (Å²) in [6.45, 7) is 8.17. The molecule has 2 amide bonds. The first kappa shape index (κ1) is 22.7. The van der Waals surface area contributed by atoms with E-state index in [2.05, 4.69) is 19.2 Å². The SMILES string of the molecule is CCOC(=O)Oc1ccc(C(=O)NCC2CCN(C(=O)C(CC)CC)CC2)cc1. The number of likely N-dealkylation sites (tertiary alicyclic amines) is 1. The molecule has 1 aromatic carbocycles. The first-order valence-corrected chi connectivity index (χ1v) is 10.5. The van der Waals surface area contributed by atoms with Crippen LogP contribution >= 0.6 is 0 Å². The highest BCUT2D eigenvalue weighted by atomic mass is 16.7. The zero-order chi connectivity index (χ0) is 21.2. The second kappa shape index (κ2) is 11.4. The van der Waals surface area contributed by atoms with Gasteiger partial charge in [0.15, 0.2) is 0 Å². The van der Waals surface area contributed by atoms with Gasteiger partial charge in [-0.2, -0.15) is 0 Å². The van der Waals surface area contributed by atoms with Gasteiger partial charge in [0.2, 0.25) is 5.91 Å². The molecule has 0 spiro atoms. The molecule has 1 aliphatic rings. The summed E-state index contributed by atoms with van der Waals surface area (Å²) in [5.74, 6) is 0.929. The maximum atomic E-state index is 12.5. The number of piperidine rings is 1. The Hall–Kier alpha value is -2.57. The zero-order valence-electron chi connectivity index (χ0n) is 17.6. The number of hydrogen-bond acceptors (Lipinski definition) is 5. The summed E-state index contributed by atoms with van der Waals surface area (Å²) in [6, 6.07) is 6.35. The Morgan fingerprint density at radius 1 is 1.07 bits per heavy atom. The smallest absolute Gasteiger partial charge is 0.434 e. The van der Waals surface area contributed by atoms with Crippen LogP contribution in [-0.2, 0) is 9.53 Å². The second-order valence-electron chi connectivity index (χ2n) is 7.30. The number of rotatable bonds is 8. The fourth-order valence-electron chi connectivity index (χ4n) is 3.51. The standard InChI is InChI=1S/C22H32N2O5/c1-4-17(5-2)21(26)24-13-11-16(12-14-24)15-23-20(25)18-7-9-19(10-8-18)29-22(27)28-6-3/h7-10,16-17H,4-6,11-15H2,1-3H3,(H,23,25). The Morgan fingerprint density at radius 3 is 2.24 bits per heavy atom. The normalized spacial score (nSPS) is 14.6. The molecule has 1 aromatic rings. The molecule has 29 heavy (non-hydrogen) atoms. The predicted octanol–water partition coefficient (Wildman–Crippen LogP) is 3.63. The van der Waals surface area contributed by atoms with Gasteiger partial charge in [-0.3, -0.25) is 9.59 Å². The van der Waals surface area contributed by atoms with Gasteiger partial charge in [0.25, 0.3) is 5.91 Å². The minimum atomic E-state index is -0.765. The van der Waals surface area contributed by atoms with Crippen molar-refractivity contribution >= 4 is 18.0 Å². The highest BCUT2D eigenvalue weighted by Gasteiger charge is 2.26. The molecular formula is C22H32N2O5. The molecule has 1 heterocycles. The van der Waals surface area contributed by atoms with Gasteiger partial charge in [0, 0.05) is 31.1 Å². The van der Waals surface area contributed by atoms with Crippen LogP contribution in [0.25, 0.3) is 0 Å². The van der Waals surface area contributed by atoms with Crippen LogP contribution < -0.4 is 10.1 Å². The van der Waals surface area contributed by atoms with Gasteiger partial charge in [-0.15, -0.1) is 0 Å². The van der Waals surface area contributed by atoms with Crippen LogP contribution in [0.2, 0.25) is 0 Å². The fraction of sp³-hybridized carbons (Fsp3) is 0.591. The Labute approximate surface area is 172 Å². The van der Waals surface area contributed by atoms with E-state index in [0.29, 0.717) is 23.8 Å². The third-order valence-electron chi connectivity index (χ3n) is 5.39. The number of hydrogen-bond donors (Lipinski definition) is 1. The van der Waals surface area contributed by atoms with Crippen LogP contribution in [0.1, 0.15) is 56.8 Å². The lowest BCUT2D eigenvalue weighted by Gasteiger charge is -2.34. The number of nitrogens with zero attached hydrogens (tertiary/aromatic N) is 1. The first-order valence-electron chi connectivity index (χ1n) is 10.5. The lowest BCUT2D eigenvalue weighted by molar-refractivity contribution is -0.137. The Morgan fingerprint density at radius 2 is 1.69 bits per heavy atom. The zero-order valence-corrected chi connectivity index (χ0v) is 17.6. The summed E-state index contributed by atoms with van der Waals surface area (Å²) in [7, 11) is 0. The Balaban J connectivity index is 1.76. The molecule has 0 aliphatic carbocycles. The number of carbonyl (C=O) groups is 3. The Kier molecular flexibility index (Phi) is 8.96. The number of benzene rings is 1. The van der Waals surface area contributed by atoms with Crippen LogP contribution in [0.3, 0.4) is 0 Å². The minimum Gasteiger partial charge on any atom is -0.434 e. The second-order valence-corrected chi connectivity index (χ2v) is 7.30. The summed E-state index contributed by atoms with van der Waals surface area (Å²) >= 11 is 0. The van der Waals surface area contributed by atoms with E-state index < -0.39 is 6.16 Å². The molecule has 2 rings (SSSR count). The van der Waals surface area contributed by atoms with E-state index in [0.717, 1.165) is 38.8 Å². The van der Waals surface area contributed by atoms with Gasteiger partial charge in [-0.25, -0.2) is 4.79 Å². The van der Waals surface area contributed by atoms with Crippen molar-refractivity contribution in [3.8, 4) is 5.75 Å². The number of ether oxygens (including phenoxy) is 2. The van der Waals surface area contributed by atoms with Crippen molar-refractivity contribution < 1.29 is 23.9 Å². The first-order chi connectivity index (χ1) is 14.0. The summed E-state index contributed by atoms with van der Waals surface area (Å²) < 4.78 is 9.69. The van der Waals surface area contributed by atoms with E-state index in [1.807, 2.05) is 4.90 Å². The van der Waals surface area contributed by atoms with Crippen LogP contribution in [0.4, 0.5) is 4.79 Å². The van der Waals surface area contributed by atoms with Crippen molar-refractivity contribution in [1.82, 2.24) is 10.2 Å². The summed E-state index contributed by atoms with van der Waals surface area (Å²) in [5, 5.41) is 2.96. The van der Waals surface area contributed by atoms with Gasteiger partial charge in [-0.05, 0) is 62.8 Å². The summed E-state index contributed by atoms with van der Waals surface area (Å²) in [4.78, 5) is 38.1. The molecule has 1 aliphatic heterocycles. The molecule has 0 bridgehead atoms. The number of nitrogens with one attached hydrogen (secondary N) is 1. The number of amides is 2. The average molecular weight is 405 g/mol. The molecular weight excluding hydrogens is 372 g/mol. The van der Waals surface area contributed by atoms with E-state index in [4.69, 9.17) is 9.47 Å². The van der Waals surface area contributed by atoms with Crippen molar-refractivity contribution in [3.05, 3.63) is 29.8 Å². The number of carbonyl (C=O) groups excluding carboxylic acids is 3. The molecule has 0 saturated carbocycles. The molecule has 1 N–H and O–H groups in total. The molecule has 7 nitrogen and oxygen atoms in total. The maximum absolute atomic E-state index is 12.5. The third kappa shape index (κ3) is 6.76. The molecule has 0 radical (unpaired) electrons. The monoisotopic (exact) mass is 404 g/mol. The molecule has 1 saturated heterocycles. The fourth-order valence-corrected chi connectivity index (χ4v) is 3.51. The maximum Gasteiger partial charge on any atom is 0.513 e. The van der Waals surface area contributed by atoms with Crippen molar-refractivity contribution in [2.45, 2.75) is 46.5 Å². The largest absolute Gasteiger partial charge is 0.513 e. The quantitative estimate of drug-likeness (QED) is 0.528. The van der Waals surface area contributed by atoms with Crippen molar-refractivity contribution in [1.29, 1.82) is 0 Å². The molecule has 0 atom stereocenters. The van der Waals surface area contributed by atoms with Crippen molar-refractivity contribution in [2.24, 2.45) is 11.8 Å². The highest BCUT2D eigenvalue weighted by molar-refractivity contribution is 5.94. The van der Waals surface area contributed by atoms with Crippen molar-refractivity contribution in [3.63, 3.8) is 0 Å². The van der Waals surface area contributed by atoms with Gasteiger partial charge in [0.05, 0.1) is 6.61 Å². The summed E-state index contributed by atoms with van der Waals surface area (Å²) in [6.07, 6.45) is 2.81. The van der Waals surface area contributed by atoms with E-state index in [-0.39, 0.29) is 24.3 Å². The van der Waals surface area contributed by atoms with Gasteiger partial charge >= 0.3 is 6.16 Å². The minimum absolute atomic E-state index is 0.127. The van der Waals surface area contributed by atoms with E-state index in [1.54, 1.807) is 31.2 Å². The molecule has 160 valence electrons. The van der Waals surface area contributed by atoms with Crippen molar-refractivity contribution in [2.75, 3.05) is 26.2 Å². The lowest BCUT2D eigenvalue weighted by atomic mass is 9.94. The van der Waals surface area contributed by atoms with Gasteiger partial charge in [0.1, 0.15) is 5.75 Å². The van der Waals surface area contributed by atoms with Crippen LogP contribution in [0, 0.1) is 11.8 Å². The van der Waals surface area contributed by atoms with E-state index in [9.17, 15) is 14.4 Å². The summed E-state index contributed by atoms with van der Waals surface area (Å²) in [5.41, 5.74) is 0.502. The van der Waals surface area contributed by atoms with Crippen LogP contribution in [0.15, 0.2) is 24.3 Å². The molecule has 0 aromatic heterocycles. The average Bonchev–Trinajstić information content (AvgIpc) is 2.74. The predicted molar refractivity (Wildman–Crippen MR) is 110 cm³/mol.